The molecule has 1 heterocycles. The van der Waals surface area contributed by atoms with Crippen LogP contribution in [0.15, 0.2) is 48.5 Å². The van der Waals surface area contributed by atoms with E-state index in [1.807, 2.05) is 24.3 Å². The Morgan fingerprint density at radius 2 is 1.64 bits per heavy atom. The summed E-state index contributed by atoms with van der Waals surface area (Å²) in [5.41, 5.74) is 2.56. The molecule has 2 aromatic carbocycles. The van der Waals surface area contributed by atoms with Gasteiger partial charge in [-0.15, -0.1) is 0 Å². The van der Waals surface area contributed by atoms with Crippen LogP contribution in [0.1, 0.15) is 46.9 Å². The SMILES string of the molecule is C[C@@H](OC(=O)c1ccc(C=O)cc1)C(=O)Nc1ccc(N2CCCCC2)cc1. The summed E-state index contributed by atoms with van der Waals surface area (Å²) in [6.45, 7) is 3.65. The number of ether oxygens (including phenoxy) is 1. The van der Waals surface area contributed by atoms with Gasteiger partial charge in [0, 0.05) is 30.0 Å². The molecule has 1 saturated heterocycles. The number of benzene rings is 2. The van der Waals surface area contributed by atoms with E-state index in [2.05, 4.69) is 10.2 Å². The highest BCUT2D eigenvalue weighted by atomic mass is 16.5. The van der Waals surface area contributed by atoms with Gasteiger partial charge in [-0.1, -0.05) is 12.1 Å². The number of piperidine rings is 1. The summed E-state index contributed by atoms with van der Waals surface area (Å²) < 4.78 is 5.22. The molecule has 1 N–H and O–H groups in total. The molecule has 1 atom stereocenters. The zero-order chi connectivity index (χ0) is 19.9. The average Bonchev–Trinajstić information content (AvgIpc) is 2.75. The lowest BCUT2D eigenvalue weighted by molar-refractivity contribution is -0.123. The monoisotopic (exact) mass is 380 g/mol. The quantitative estimate of drug-likeness (QED) is 0.611. The van der Waals surface area contributed by atoms with Crippen molar-refractivity contribution in [2.75, 3.05) is 23.3 Å². The van der Waals surface area contributed by atoms with Gasteiger partial charge in [-0.25, -0.2) is 4.79 Å². The van der Waals surface area contributed by atoms with Gasteiger partial charge in [-0.3, -0.25) is 9.59 Å². The van der Waals surface area contributed by atoms with E-state index < -0.39 is 18.0 Å². The summed E-state index contributed by atoms with van der Waals surface area (Å²) in [5.74, 6) is -1.01. The molecule has 1 fully saturated rings. The second-order valence-electron chi connectivity index (χ2n) is 6.87. The van der Waals surface area contributed by atoms with Crippen molar-refractivity contribution in [3.05, 3.63) is 59.7 Å². The molecular weight excluding hydrogens is 356 g/mol. The van der Waals surface area contributed by atoms with Crippen molar-refractivity contribution in [1.82, 2.24) is 0 Å². The van der Waals surface area contributed by atoms with E-state index in [1.165, 1.54) is 50.5 Å². The topological polar surface area (TPSA) is 75.7 Å². The summed E-state index contributed by atoms with van der Waals surface area (Å²) in [4.78, 5) is 37.5. The molecule has 0 bridgehead atoms. The minimum Gasteiger partial charge on any atom is -0.449 e. The van der Waals surface area contributed by atoms with Gasteiger partial charge in [-0.05, 0) is 62.6 Å². The van der Waals surface area contributed by atoms with E-state index in [1.54, 1.807) is 0 Å². The van der Waals surface area contributed by atoms with Gasteiger partial charge < -0.3 is 15.0 Å². The number of anilines is 2. The fourth-order valence-electron chi connectivity index (χ4n) is 3.13. The van der Waals surface area contributed by atoms with Gasteiger partial charge >= 0.3 is 5.97 Å². The maximum absolute atomic E-state index is 12.3. The number of carbonyl (C=O) groups is 3. The first kappa shape index (κ1) is 19.6. The third-order valence-electron chi connectivity index (χ3n) is 4.79. The van der Waals surface area contributed by atoms with Crippen molar-refractivity contribution in [3.63, 3.8) is 0 Å². The van der Waals surface area contributed by atoms with E-state index in [-0.39, 0.29) is 5.56 Å². The zero-order valence-electron chi connectivity index (χ0n) is 15.9. The number of esters is 1. The average molecular weight is 380 g/mol. The lowest BCUT2D eigenvalue weighted by Gasteiger charge is -2.28. The van der Waals surface area contributed by atoms with Crippen LogP contribution in [0.5, 0.6) is 0 Å². The van der Waals surface area contributed by atoms with Crippen molar-refractivity contribution < 1.29 is 19.1 Å². The molecule has 1 aliphatic rings. The highest BCUT2D eigenvalue weighted by molar-refractivity contribution is 5.97. The number of amides is 1. The van der Waals surface area contributed by atoms with Gasteiger partial charge in [0.05, 0.1) is 5.56 Å². The largest absolute Gasteiger partial charge is 0.449 e. The minimum absolute atomic E-state index is 0.288. The Bertz CT molecular complexity index is 825. The molecule has 0 aromatic heterocycles. The van der Waals surface area contributed by atoms with Crippen molar-refractivity contribution in [3.8, 4) is 0 Å². The number of aldehydes is 1. The molecule has 2 aromatic rings. The van der Waals surface area contributed by atoms with Crippen LogP contribution in [0.2, 0.25) is 0 Å². The number of nitrogens with one attached hydrogen (secondary N) is 1. The maximum Gasteiger partial charge on any atom is 0.338 e. The Balaban J connectivity index is 1.54. The summed E-state index contributed by atoms with van der Waals surface area (Å²) in [6.07, 6.45) is 3.45. The van der Waals surface area contributed by atoms with Crippen molar-refractivity contribution >= 4 is 29.5 Å². The van der Waals surface area contributed by atoms with E-state index in [0.717, 1.165) is 18.8 Å². The number of hydrogen-bond acceptors (Lipinski definition) is 5. The van der Waals surface area contributed by atoms with Crippen molar-refractivity contribution in [1.29, 1.82) is 0 Å². The van der Waals surface area contributed by atoms with Crippen LogP contribution in [0.4, 0.5) is 11.4 Å². The summed E-state index contributed by atoms with van der Waals surface area (Å²) >= 11 is 0. The highest BCUT2D eigenvalue weighted by Gasteiger charge is 2.19. The molecule has 1 aliphatic heterocycles. The fraction of sp³-hybridized carbons (Fsp3) is 0.318. The van der Waals surface area contributed by atoms with Crippen molar-refractivity contribution in [2.24, 2.45) is 0 Å². The highest BCUT2D eigenvalue weighted by Crippen LogP contribution is 2.22. The smallest absolute Gasteiger partial charge is 0.338 e. The van der Waals surface area contributed by atoms with Gasteiger partial charge in [0.1, 0.15) is 6.29 Å². The molecule has 0 saturated carbocycles. The lowest BCUT2D eigenvalue weighted by atomic mass is 10.1. The molecule has 1 amide bonds. The normalized spacial score (nSPS) is 14.8. The first-order valence-electron chi connectivity index (χ1n) is 9.49. The molecule has 28 heavy (non-hydrogen) atoms. The standard InChI is InChI=1S/C22H24N2O4/c1-16(28-22(27)18-7-5-17(15-25)6-8-18)21(26)23-19-9-11-20(12-10-19)24-13-3-2-4-14-24/h5-12,15-16H,2-4,13-14H2,1H3,(H,23,26)/t16-/m1/s1. The molecule has 146 valence electrons. The maximum atomic E-state index is 12.3. The molecule has 6 nitrogen and oxygen atoms in total. The minimum atomic E-state index is -0.944. The van der Waals surface area contributed by atoms with Gasteiger partial charge in [0.25, 0.3) is 5.91 Å². The molecule has 6 heteroatoms. The van der Waals surface area contributed by atoms with Gasteiger partial charge in [0.2, 0.25) is 0 Å². The van der Waals surface area contributed by atoms with Gasteiger partial charge in [-0.2, -0.15) is 0 Å². The van der Waals surface area contributed by atoms with Crippen LogP contribution in [-0.4, -0.2) is 37.4 Å². The second kappa shape index (κ2) is 9.17. The summed E-state index contributed by atoms with van der Waals surface area (Å²) in [6, 6.07) is 13.7. The molecular formula is C22H24N2O4. The Morgan fingerprint density at radius 1 is 1.00 bits per heavy atom. The summed E-state index contributed by atoms with van der Waals surface area (Å²) in [7, 11) is 0. The molecule has 0 radical (unpaired) electrons. The zero-order valence-corrected chi connectivity index (χ0v) is 15.9. The Hall–Kier alpha value is -3.15. The molecule has 0 spiro atoms. The Morgan fingerprint density at radius 3 is 2.25 bits per heavy atom. The number of carbonyl (C=O) groups excluding carboxylic acids is 3. The lowest BCUT2D eigenvalue weighted by Crippen LogP contribution is -2.30. The van der Waals surface area contributed by atoms with Gasteiger partial charge in [0.15, 0.2) is 6.10 Å². The van der Waals surface area contributed by atoms with Crippen LogP contribution in [0.3, 0.4) is 0 Å². The summed E-state index contributed by atoms with van der Waals surface area (Å²) in [5, 5.41) is 2.77. The first-order valence-corrected chi connectivity index (χ1v) is 9.49. The van der Waals surface area contributed by atoms with Crippen LogP contribution < -0.4 is 10.2 Å². The molecule has 3 rings (SSSR count). The third kappa shape index (κ3) is 4.97. The van der Waals surface area contributed by atoms with E-state index in [9.17, 15) is 14.4 Å². The fourth-order valence-corrected chi connectivity index (χ4v) is 3.13. The second-order valence-corrected chi connectivity index (χ2v) is 6.87. The predicted molar refractivity (Wildman–Crippen MR) is 108 cm³/mol. The van der Waals surface area contributed by atoms with E-state index in [4.69, 9.17) is 4.74 Å². The van der Waals surface area contributed by atoms with Crippen LogP contribution >= 0.6 is 0 Å². The first-order chi connectivity index (χ1) is 13.6. The number of rotatable bonds is 6. The van der Waals surface area contributed by atoms with Crippen LogP contribution in [-0.2, 0) is 9.53 Å². The predicted octanol–water partition coefficient (Wildman–Crippen LogP) is 3.67. The Kier molecular flexibility index (Phi) is 6.42. The number of hydrogen-bond donors (Lipinski definition) is 1. The molecule has 0 aliphatic carbocycles. The van der Waals surface area contributed by atoms with Crippen LogP contribution in [0.25, 0.3) is 0 Å². The van der Waals surface area contributed by atoms with E-state index >= 15 is 0 Å². The molecule has 0 unspecified atom stereocenters. The van der Waals surface area contributed by atoms with E-state index in [0.29, 0.717) is 17.5 Å². The number of nitrogens with zero attached hydrogens (tertiary/aromatic N) is 1. The Labute approximate surface area is 164 Å². The van der Waals surface area contributed by atoms with Crippen LogP contribution in [0, 0.1) is 0 Å². The van der Waals surface area contributed by atoms with Crippen molar-refractivity contribution in [2.45, 2.75) is 32.3 Å². The third-order valence-corrected chi connectivity index (χ3v) is 4.79.